The molecule has 6 nitrogen and oxygen atoms in total. The number of fused-ring (bicyclic) bond motifs is 1. The Morgan fingerprint density at radius 1 is 1.26 bits per heavy atom. The molecule has 144 valence electrons. The summed E-state index contributed by atoms with van der Waals surface area (Å²) in [4.78, 5) is 27.2. The number of carbonyl (C=O) groups is 1. The summed E-state index contributed by atoms with van der Waals surface area (Å²) in [6, 6.07) is 8.07. The summed E-state index contributed by atoms with van der Waals surface area (Å²) in [5.41, 5.74) is 2.48. The molecular formula is C21H26N2O4. The van der Waals surface area contributed by atoms with Crippen LogP contribution in [0.4, 0.5) is 0 Å². The Kier molecular flexibility index (Phi) is 5.65. The first kappa shape index (κ1) is 19.2. The number of benzene rings is 1. The second kappa shape index (κ2) is 7.96. The molecule has 1 heterocycles. The largest absolute Gasteiger partial charge is 0.508 e. The first-order valence-electron chi connectivity index (χ1n) is 9.40. The van der Waals surface area contributed by atoms with Gasteiger partial charge in [0, 0.05) is 19.3 Å². The third kappa shape index (κ3) is 3.90. The van der Waals surface area contributed by atoms with Gasteiger partial charge in [0.15, 0.2) is 0 Å². The van der Waals surface area contributed by atoms with Gasteiger partial charge in [0.05, 0.1) is 12.6 Å². The Balaban J connectivity index is 1.87. The number of phenols is 1. The van der Waals surface area contributed by atoms with E-state index in [1.54, 1.807) is 29.8 Å². The van der Waals surface area contributed by atoms with Crippen molar-refractivity contribution in [3.05, 3.63) is 63.1 Å². The van der Waals surface area contributed by atoms with Gasteiger partial charge >= 0.3 is 0 Å². The van der Waals surface area contributed by atoms with Crippen LogP contribution in [0, 0.1) is 0 Å². The number of nitrogens with zero attached hydrogens (tertiary/aromatic N) is 2. The van der Waals surface area contributed by atoms with E-state index in [1.807, 2.05) is 6.92 Å². The molecule has 1 aromatic heterocycles. The topological polar surface area (TPSA) is 82.8 Å². The predicted molar refractivity (Wildman–Crippen MR) is 103 cm³/mol. The molecule has 0 fully saturated rings. The number of carbonyl (C=O) groups excluding carboxylic acids is 1. The van der Waals surface area contributed by atoms with E-state index in [4.69, 9.17) is 0 Å². The van der Waals surface area contributed by atoms with Gasteiger partial charge in [-0.15, -0.1) is 0 Å². The van der Waals surface area contributed by atoms with E-state index in [2.05, 4.69) is 0 Å². The molecule has 2 aromatic rings. The zero-order chi connectivity index (χ0) is 19.6. The fourth-order valence-electron chi connectivity index (χ4n) is 3.72. The second-order valence-electron chi connectivity index (χ2n) is 7.06. The summed E-state index contributed by atoms with van der Waals surface area (Å²) in [6.07, 6.45) is 2.92. The minimum absolute atomic E-state index is 0.0546. The van der Waals surface area contributed by atoms with Gasteiger partial charge in [-0.2, -0.15) is 0 Å². The zero-order valence-electron chi connectivity index (χ0n) is 15.8. The van der Waals surface area contributed by atoms with Crippen LogP contribution in [-0.4, -0.2) is 38.7 Å². The van der Waals surface area contributed by atoms with Crippen molar-refractivity contribution in [2.45, 2.75) is 38.7 Å². The average Bonchev–Trinajstić information content (AvgIpc) is 2.68. The summed E-state index contributed by atoms with van der Waals surface area (Å²) in [6.45, 7) is 2.24. The van der Waals surface area contributed by atoms with Crippen molar-refractivity contribution in [3.63, 3.8) is 0 Å². The number of aliphatic hydroxyl groups is 1. The van der Waals surface area contributed by atoms with E-state index in [9.17, 15) is 19.8 Å². The van der Waals surface area contributed by atoms with Crippen LogP contribution in [0.3, 0.4) is 0 Å². The van der Waals surface area contributed by atoms with Gasteiger partial charge in [-0.05, 0) is 61.9 Å². The number of pyridine rings is 1. The Morgan fingerprint density at radius 3 is 2.70 bits per heavy atom. The van der Waals surface area contributed by atoms with E-state index >= 15 is 0 Å². The number of likely N-dealkylation sites (N-methyl/N-ethyl adjacent to an activating group) is 1. The summed E-state index contributed by atoms with van der Waals surface area (Å²) >= 11 is 0. The van der Waals surface area contributed by atoms with Crippen molar-refractivity contribution < 1.29 is 15.0 Å². The smallest absolute Gasteiger partial charge is 0.263 e. The van der Waals surface area contributed by atoms with Crippen molar-refractivity contribution in [2.75, 3.05) is 13.1 Å². The van der Waals surface area contributed by atoms with Gasteiger partial charge < -0.3 is 19.7 Å². The van der Waals surface area contributed by atoms with Crippen molar-refractivity contribution in [1.82, 2.24) is 9.47 Å². The molecule has 0 saturated carbocycles. The van der Waals surface area contributed by atoms with Crippen LogP contribution < -0.4 is 5.56 Å². The molecule has 1 aliphatic carbocycles. The van der Waals surface area contributed by atoms with Crippen molar-refractivity contribution >= 4 is 5.91 Å². The molecule has 0 radical (unpaired) electrons. The maximum atomic E-state index is 13.0. The van der Waals surface area contributed by atoms with Gasteiger partial charge in [0.1, 0.15) is 11.3 Å². The molecule has 1 aromatic carbocycles. The number of aryl methyl sites for hydroxylation is 1. The zero-order valence-corrected chi connectivity index (χ0v) is 15.8. The standard InChI is InChI=1S/C21H26N2O4/c1-3-23(13-19(25)15-8-6-9-16(24)11-15)21(27)17-12-14-7-4-5-10-18(14)22(2)20(17)26/h6,8-9,11-12,19,24-25H,3-5,7,10,13H2,1-2H3/t19-/m1/s1. The van der Waals surface area contributed by atoms with Gasteiger partial charge in [-0.25, -0.2) is 0 Å². The number of aliphatic hydroxyl groups excluding tert-OH is 1. The molecule has 0 unspecified atom stereocenters. The summed E-state index contributed by atoms with van der Waals surface area (Å²) < 4.78 is 1.60. The summed E-state index contributed by atoms with van der Waals surface area (Å²) in [5.74, 6) is -0.310. The molecule has 0 saturated heterocycles. The molecule has 6 heteroatoms. The lowest BCUT2D eigenvalue weighted by Gasteiger charge is -2.26. The molecule has 0 aliphatic heterocycles. The number of aromatic hydroxyl groups is 1. The molecule has 2 N–H and O–H groups in total. The third-order valence-corrected chi connectivity index (χ3v) is 5.29. The molecular weight excluding hydrogens is 344 g/mol. The van der Waals surface area contributed by atoms with E-state index in [-0.39, 0.29) is 29.3 Å². The molecule has 0 spiro atoms. The molecule has 3 rings (SSSR count). The van der Waals surface area contributed by atoms with E-state index in [1.165, 1.54) is 17.0 Å². The Labute approximate surface area is 158 Å². The fraction of sp³-hybridized carbons (Fsp3) is 0.429. The van der Waals surface area contributed by atoms with Gasteiger partial charge in [-0.3, -0.25) is 9.59 Å². The number of hydrogen-bond acceptors (Lipinski definition) is 4. The van der Waals surface area contributed by atoms with Crippen LogP contribution >= 0.6 is 0 Å². The number of phenolic OH excluding ortho intramolecular Hbond substituents is 1. The molecule has 0 bridgehead atoms. The quantitative estimate of drug-likeness (QED) is 0.845. The lowest BCUT2D eigenvalue weighted by atomic mass is 9.94. The number of rotatable bonds is 5. The highest BCUT2D eigenvalue weighted by Crippen LogP contribution is 2.22. The normalized spacial score (nSPS) is 14.5. The molecule has 1 aliphatic rings. The molecule has 27 heavy (non-hydrogen) atoms. The number of aromatic nitrogens is 1. The second-order valence-corrected chi connectivity index (χ2v) is 7.06. The monoisotopic (exact) mass is 370 g/mol. The first-order chi connectivity index (χ1) is 12.9. The Morgan fingerprint density at radius 2 is 2.00 bits per heavy atom. The molecule has 1 amide bonds. The maximum Gasteiger partial charge on any atom is 0.263 e. The first-order valence-corrected chi connectivity index (χ1v) is 9.40. The van der Waals surface area contributed by atoms with E-state index in [0.29, 0.717) is 12.1 Å². The van der Waals surface area contributed by atoms with Crippen molar-refractivity contribution in [3.8, 4) is 5.75 Å². The van der Waals surface area contributed by atoms with Crippen LogP contribution in [0.1, 0.15) is 53.0 Å². The SMILES string of the molecule is CCN(C[C@@H](O)c1cccc(O)c1)C(=O)c1cc2c(n(C)c1=O)CCCC2. The third-order valence-electron chi connectivity index (χ3n) is 5.29. The molecule has 1 atom stereocenters. The fourth-order valence-corrected chi connectivity index (χ4v) is 3.72. The minimum atomic E-state index is -0.942. The summed E-state index contributed by atoms with van der Waals surface area (Å²) in [7, 11) is 1.72. The van der Waals surface area contributed by atoms with Crippen LogP contribution in [0.15, 0.2) is 35.1 Å². The van der Waals surface area contributed by atoms with E-state index in [0.717, 1.165) is 36.9 Å². The van der Waals surface area contributed by atoms with Crippen molar-refractivity contribution in [2.24, 2.45) is 7.05 Å². The van der Waals surface area contributed by atoms with Gasteiger partial charge in [-0.1, -0.05) is 12.1 Å². The Hall–Kier alpha value is -2.60. The highest BCUT2D eigenvalue weighted by atomic mass is 16.3. The maximum absolute atomic E-state index is 13.0. The van der Waals surface area contributed by atoms with Crippen LogP contribution in [0.5, 0.6) is 5.75 Å². The van der Waals surface area contributed by atoms with Crippen LogP contribution in [-0.2, 0) is 19.9 Å². The Bertz CT molecular complexity index is 904. The van der Waals surface area contributed by atoms with Crippen LogP contribution in [0.25, 0.3) is 0 Å². The highest BCUT2D eigenvalue weighted by molar-refractivity contribution is 5.94. The highest BCUT2D eigenvalue weighted by Gasteiger charge is 2.24. The minimum Gasteiger partial charge on any atom is -0.508 e. The average molecular weight is 370 g/mol. The van der Waals surface area contributed by atoms with Gasteiger partial charge in [0.2, 0.25) is 0 Å². The lowest BCUT2D eigenvalue weighted by Crippen LogP contribution is -2.39. The van der Waals surface area contributed by atoms with Gasteiger partial charge in [0.25, 0.3) is 11.5 Å². The predicted octanol–water partition coefficient (Wildman–Crippen LogP) is 2.17. The van der Waals surface area contributed by atoms with E-state index < -0.39 is 6.10 Å². The summed E-state index contributed by atoms with van der Waals surface area (Å²) in [5, 5.41) is 20.1. The number of hydrogen-bond donors (Lipinski definition) is 2. The van der Waals surface area contributed by atoms with Crippen molar-refractivity contribution in [1.29, 1.82) is 0 Å². The van der Waals surface area contributed by atoms with Crippen LogP contribution in [0.2, 0.25) is 0 Å². The lowest BCUT2D eigenvalue weighted by molar-refractivity contribution is 0.0632. The number of amides is 1.